The quantitative estimate of drug-likeness (QED) is 0.735. The standard InChI is InChI=1S/C15H27NO2/c1-5-9-15(3,4)18-12-14(17)11-16-10-7-6-8-13(16)2/h1,13-14,17H,6-12H2,2-4H3/t13-,14-/m1/s1. The van der Waals surface area contributed by atoms with Crippen molar-refractivity contribution in [3.05, 3.63) is 0 Å². The van der Waals surface area contributed by atoms with E-state index in [1.807, 2.05) is 13.8 Å². The molecule has 1 aliphatic heterocycles. The Morgan fingerprint density at radius 2 is 2.22 bits per heavy atom. The van der Waals surface area contributed by atoms with Gasteiger partial charge in [0.15, 0.2) is 0 Å². The van der Waals surface area contributed by atoms with Gasteiger partial charge in [0.1, 0.15) is 0 Å². The van der Waals surface area contributed by atoms with Gasteiger partial charge in [-0.2, -0.15) is 0 Å². The highest BCUT2D eigenvalue weighted by Gasteiger charge is 2.23. The van der Waals surface area contributed by atoms with Crippen LogP contribution in [0.5, 0.6) is 0 Å². The highest BCUT2D eigenvalue weighted by atomic mass is 16.5. The fourth-order valence-electron chi connectivity index (χ4n) is 2.37. The van der Waals surface area contributed by atoms with Crippen LogP contribution in [0, 0.1) is 12.3 Å². The molecule has 1 N–H and O–H groups in total. The van der Waals surface area contributed by atoms with Gasteiger partial charge in [0, 0.05) is 19.0 Å². The van der Waals surface area contributed by atoms with E-state index in [0.717, 1.165) is 6.54 Å². The van der Waals surface area contributed by atoms with E-state index in [9.17, 15) is 5.11 Å². The molecule has 0 amide bonds. The molecular weight excluding hydrogens is 226 g/mol. The van der Waals surface area contributed by atoms with Crippen molar-refractivity contribution in [2.75, 3.05) is 19.7 Å². The van der Waals surface area contributed by atoms with E-state index in [2.05, 4.69) is 17.7 Å². The minimum absolute atomic E-state index is 0.344. The molecule has 1 aliphatic rings. The first kappa shape index (κ1) is 15.5. The molecular formula is C15H27NO2. The molecule has 0 spiro atoms. The Morgan fingerprint density at radius 3 is 2.83 bits per heavy atom. The van der Waals surface area contributed by atoms with E-state index in [-0.39, 0.29) is 5.60 Å². The topological polar surface area (TPSA) is 32.7 Å². The van der Waals surface area contributed by atoms with Gasteiger partial charge in [0.2, 0.25) is 0 Å². The van der Waals surface area contributed by atoms with Crippen LogP contribution in [0.2, 0.25) is 0 Å². The molecule has 3 nitrogen and oxygen atoms in total. The zero-order valence-electron chi connectivity index (χ0n) is 12.0. The summed E-state index contributed by atoms with van der Waals surface area (Å²) in [5, 5.41) is 10.0. The van der Waals surface area contributed by atoms with Crippen LogP contribution in [-0.4, -0.2) is 47.4 Å². The molecule has 0 aliphatic carbocycles. The van der Waals surface area contributed by atoms with Crippen molar-refractivity contribution in [3.8, 4) is 12.3 Å². The highest BCUT2D eigenvalue weighted by Crippen LogP contribution is 2.18. The Morgan fingerprint density at radius 1 is 1.50 bits per heavy atom. The number of terminal acetylenes is 1. The van der Waals surface area contributed by atoms with Gasteiger partial charge < -0.3 is 9.84 Å². The third kappa shape index (κ3) is 5.39. The number of β-amino-alcohol motifs (C(OH)–C–C–N with tert-alkyl or cyclic N) is 1. The number of rotatable bonds is 6. The molecule has 104 valence electrons. The number of nitrogens with zero attached hydrogens (tertiary/aromatic N) is 1. The maximum Gasteiger partial charge on any atom is 0.0900 e. The highest BCUT2D eigenvalue weighted by molar-refractivity contribution is 4.92. The van der Waals surface area contributed by atoms with Crippen LogP contribution in [-0.2, 0) is 4.74 Å². The van der Waals surface area contributed by atoms with Crippen LogP contribution in [0.1, 0.15) is 46.5 Å². The lowest BCUT2D eigenvalue weighted by Gasteiger charge is -2.35. The maximum absolute atomic E-state index is 10.0. The summed E-state index contributed by atoms with van der Waals surface area (Å²) in [5.41, 5.74) is -0.344. The molecule has 0 bridgehead atoms. The minimum atomic E-state index is -0.428. The Bertz CT molecular complexity index is 283. The van der Waals surface area contributed by atoms with Crippen molar-refractivity contribution in [1.29, 1.82) is 0 Å². The summed E-state index contributed by atoms with van der Waals surface area (Å²) in [6.45, 7) is 8.30. The molecule has 0 aromatic heterocycles. The first-order valence-corrected chi connectivity index (χ1v) is 6.94. The molecule has 1 heterocycles. The van der Waals surface area contributed by atoms with Crippen molar-refractivity contribution < 1.29 is 9.84 Å². The Balaban J connectivity index is 2.28. The van der Waals surface area contributed by atoms with Gasteiger partial charge in [-0.1, -0.05) is 6.42 Å². The first-order valence-electron chi connectivity index (χ1n) is 6.94. The van der Waals surface area contributed by atoms with Crippen molar-refractivity contribution in [3.63, 3.8) is 0 Å². The molecule has 1 fully saturated rings. The third-order valence-electron chi connectivity index (χ3n) is 3.58. The second-order valence-corrected chi connectivity index (χ2v) is 5.95. The Labute approximate surface area is 112 Å². The average Bonchev–Trinajstić information content (AvgIpc) is 2.30. The van der Waals surface area contributed by atoms with Gasteiger partial charge in [-0.3, -0.25) is 4.90 Å². The summed E-state index contributed by atoms with van der Waals surface area (Å²) in [6, 6.07) is 0.576. The van der Waals surface area contributed by atoms with Crippen molar-refractivity contribution >= 4 is 0 Å². The predicted octanol–water partition coefficient (Wildman–Crippen LogP) is 2.04. The van der Waals surface area contributed by atoms with Crippen LogP contribution in [0.4, 0.5) is 0 Å². The van der Waals surface area contributed by atoms with Gasteiger partial charge in [-0.25, -0.2) is 0 Å². The van der Waals surface area contributed by atoms with Crippen LogP contribution < -0.4 is 0 Å². The lowest BCUT2D eigenvalue weighted by molar-refractivity contribution is -0.0665. The average molecular weight is 253 g/mol. The molecule has 1 rings (SSSR count). The van der Waals surface area contributed by atoms with Crippen molar-refractivity contribution in [2.24, 2.45) is 0 Å². The fraction of sp³-hybridized carbons (Fsp3) is 0.867. The summed E-state index contributed by atoms with van der Waals surface area (Å²) in [6.07, 6.45) is 9.20. The van der Waals surface area contributed by atoms with Crippen LogP contribution in [0.25, 0.3) is 0 Å². The summed E-state index contributed by atoms with van der Waals surface area (Å²) in [5.74, 6) is 2.60. The van der Waals surface area contributed by atoms with Gasteiger partial charge in [0.25, 0.3) is 0 Å². The number of ether oxygens (including phenoxy) is 1. The zero-order chi connectivity index (χ0) is 13.6. The zero-order valence-corrected chi connectivity index (χ0v) is 12.0. The summed E-state index contributed by atoms with van der Waals surface area (Å²) >= 11 is 0. The predicted molar refractivity (Wildman–Crippen MR) is 74.4 cm³/mol. The number of piperidine rings is 1. The van der Waals surface area contributed by atoms with E-state index in [1.165, 1.54) is 19.3 Å². The normalized spacial score (nSPS) is 23.6. The molecule has 1 saturated heterocycles. The molecule has 0 aromatic rings. The van der Waals surface area contributed by atoms with E-state index in [4.69, 9.17) is 11.2 Å². The monoisotopic (exact) mass is 253 g/mol. The van der Waals surface area contributed by atoms with Crippen LogP contribution in [0.3, 0.4) is 0 Å². The minimum Gasteiger partial charge on any atom is -0.389 e. The molecule has 0 aromatic carbocycles. The molecule has 3 heteroatoms. The molecule has 2 atom stereocenters. The second-order valence-electron chi connectivity index (χ2n) is 5.95. The lowest BCUT2D eigenvalue weighted by atomic mass is 10.0. The lowest BCUT2D eigenvalue weighted by Crippen LogP contribution is -2.44. The molecule has 18 heavy (non-hydrogen) atoms. The van der Waals surface area contributed by atoms with Gasteiger partial charge >= 0.3 is 0 Å². The van der Waals surface area contributed by atoms with E-state index >= 15 is 0 Å². The fourth-order valence-corrected chi connectivity index (χ4v) is 2.37. The van der Waals surface area contributed by atoms with Gasteiger partial charge in [0.05, 0.1) is 18.3 Å². The third-order valence-corrected chi connectivity index (χ3v) is 3.58. The number of hydrogen-bond donors (Lipinski definition) is 1. The number of aliphatic hydroxyl groups excluding tert-OH is 1. The first-order chi connectivity index (χ1) is 8.44. The van der Waals surface area contributed by atoms with Crippen molar-refractivity contribution in [2.45, 2.75) is 64.2 Å². The smallest absolute Gasteiger partial charge is 0.0900 e. The summed E-state index contributed by atoms with van der Waals surface area (Å²) in [4.78, 5) is 2.35. The Hall–Kier alpha value is -0.560. The molecule has 0 radical (unpaired) electrons. The van der Waals surface area contributed by atoms with Crippen LogP contribution in [0.15, 0.2) is 0 Å². The SMILES string of the molecule is C#CCC(C)(C)OC[C@H](O)CN1CCCC[C@H]1C. The maximum atomic E-state index is 10.0. The Kier molecular flexibility index (Phi) is 6.14. The summed E-state index contributed by atoms with van der Waals surface area (Å²) in [7, 11) is 0. The van der Waals surface area contributed by atoms with E-state index in [0.29, 0.717) is 25.6 Å². The van der Waals surface area contributed by atoms with E-state index in [1.54, 1.807) is 0 Å². The van der Waals surface area contributed by atoms with Crippen LogP contribution >= 0.6 is 0 Å². The van der Waals surface area contributed by atoms with Crippen molar-refractivity contribution in [1.82, 2.24) is 4.90 Å². The largest absolute Gasteiger partial charge is 0.389 e. The number of aliphatic hydroxyl groups is 1. The number of hydrogen-bond acceptors (Lipinski definition) is 3. The molecule has 0 unspecified atom stereocenters. The molecule has 0 saturated carbocycles. The second kappa shape index (κ2) is 7.13. The summed E-state index contributed by atoms with van der Waals surface area (Å²) < 4.78 is 5.69. The van der Waals surface area contributed by atoms with E-state index < -0.39 is 6.10 Å². The van der Waals surface area contributed by atoms with Gasteiger partial charge in [-0.05, 0) is 40.2 Å². The number of likely N-dealkylation sites (tertiary alicyclic amines) is 1. The van der Waals surface area contributed by atoms with Gasteiger partial charge in [-0.15, -0.1) is 12.3 Å².